The molecule has 5 nitrogen and oxygen atoms in total. The fourth-order valence-electron chi connectivity index (χ4n) is 2.85. The van der Waals surface area contributed by atoms with Gasteiger partial charge in [0.15, 0.2) is 5.17 Å². The van der Waals surface area contributed by atoms with Crippen molar-refractivity contribution in [3.05, 3.63) is 53.1 Å². The first-order valence-electron chi connectivity index (χ1n) is 8.30. The minimum atomic E-state index is -0.184. The van der Waals surface area contributed by atoms with Gasteiger partial charge in [0.1, 0.15) is 11.5 Å². The molecule has 6 heteroatoms. The summed E-state index contributed by atoms with van der Waals surface area (Å²) in [5.41, 5.74) is 1.02. The van der Waals surface area contributed by atoms with Crippen molar-refractivity contribution in [2.24, 2.45) is 4.99 Å². The van der Waals surface area contributed by atoms with Crippen molar-refractivity contribution in [2.75, 3.05) is 33.2 Å². The highest BCUT2D eigenvalue weighted by atomic mass is 32.2. The number of nitrogens with zero attached hydrogens (tertiary/aromatic N) is 3. The maximum absolute atomic E-state index is 12.2. The Labute approximate surface area is 151 Å². The summed E-state index contributed by atoms with van der Waals surface area (Å²) < 4.78 is 5.86. The van der Waals surface area contributed by atoms with Crippen LogP contribution in [0.25, 0.3) is 17.4 Å². The van der Waals surface area contributed by atoms with Crippen LogP contribution in [-0.4, -0.2) is 54.1 Å². The van der Waals surface area contributed by atoms with Gasteiger partial charge in [-0.05, 0) is 30.9 Å². The minimum absolute atomic E-state index is 0.184. The normalized spacial score (nSPS) is 20.4. The molecule has 0 unspecified atom stereocenters. The van der Waals surface area contributed by atoms with Crippen LogP contribution < -0.4 is 0 Å². The molecule has 0 bridgehead atoms. The van der Waals surface area contributed by atoms with Gasteiger partial charge in [-0.1, -0.05) is 30.3 Å². The van der Waals surface area contributed by atoms with Crippen LogP contribution in [0.4, 0.5) is 0 Å². The molecule has 0 N–H and O–H groups in total. The van der Waals surface area contributed by atoms with Gasteiger partial charge < -0.3 is 14.2 Å². The van der Waals surface area contributed by atoms with Crippen LogP contribution in [-0.2, 0) is 4.79 Å². The number of carbonyl (C=O) groups is 1. The van der Waals surface area contributed by atoms with Crippen LogP contribution in [0.2, 0.25) is 0 Å². The number of piperazine rings is 1. The Morgan fingerprint density at radius 3 is 2.60 bits per heavy atom. The van der Waals surface area contributed by atoms with Crippen LogP contribution >= 0.6 is 11.8 Å². The molecule has 1 aromatic carbocycles. The second-order valence-electron chi connectivity index (χ2n) is 6.17. The van der Waals surface area contributed by atoms with Gasteiger partial charge in [0.25, 0.3) is 5.91 Å². The summed E-state index contributed by atoms with van der Waals surface area (Å²) >= 11 is 1.44. The standard InChI is InChI=1S/C19H19N3O2S/c1-21-9-11-22(12-10-21)19-20-18(23)17(25-19)13-15-7-8-16(24-15)14-5-3-2-4-6-14/h2-8,13H,9-12H2,1H3/b17-13-. The van der Waals surface area contributed by atoms with Gasteiger partial charge in [-0.15, -0.1) is 0 Å². The van der Waals surface area contributed by atoms with E-state index in [-0.39, 0.29) is 5.91 Å². The highest BCUT2D eigenvalue weighted by Crippen LogP contribution is 2.32. The maximum atomic E-state index is 12.2. The molecule has 25 heavy (non-hydrogen) atoms. The van der Waals surface area contributed by atoms with Crippen LogP contribution in [0.3, 0.4) is 0 Å². The molecule has 0 aliphatic carbocycles. The van der Waals surface area contributed by atoms with Crippen molar-refractivity contribution in [2.45, 2.75) is 0 Å². The summed E-state index contributed by atoms with van der Waals surface area (Å²) in [5.74, 6) is 1.28. The lowest BCUT2D eigenvalue weighted by atomic mass is 10.2. The van der Waals surface area contributed by atoms with E-state index in [1.165, 1.54) is 11.8 Å². The molecule has 1 aromatic heterocycles. The van der Waals surface area contributed by atoms with Crippen molar-refractivity contribution >= 4 is 28.9 Å². The number of carbonyl (C=O) groups excluding carboxylic acids is 1. The molecule has 2 aliphatic rings. The smallest absolute Gasteiger partial charge is 0.286 e. The predicted molar refractivity (Wildman–Crippen MR) is 101 cm³/mol. The molecule has 2 aliphatic heterocycles. The molecule has 0 saturated carbocycles. The molecule has 0 radical (unpaired) electrons. The molecule has 0 spiro atoms. The lowest BCUT2D eigenvalue weighted by Crippen LogP contribution is -2.46. The number of likely N-dealkylation sites (N-methyl/N-ethyl adjacent to an activating group) is 1. The third-order valence-corrected chi connectivity index (χ3v) is 5.39. The molecule has 3 heterocycles. The summed E-state index contributed by atoms with van der Waals surface area (Å²) in [6.07, 6.45) is 1.78. The largest absolute Gasteiger partial charge is 0.457 e. The van der Waals surface area contributed by atoms with Gasteiger partial charge in [0, 0.05) is 37.8 Å². The Hall–Kier alpha value is -2.31. The lowest BCUT2D eigenvalue weighted by molar-refractivity contribution is -0.113. The zero-order valence-electron chi connectivity index (χ0n) is 14.0. The van der Waals surface area contributed by atoms with Crippen molar-refractivity contribution in [1.29, 1.82) is 0 Å². The maximum Gasteiger partial charge on any atom is 0.286 e. The molecule has 1 fully saturated rings. The summed E-state index contributed by atoms with van der Waals surface area (Å²) in [7, 11) is 2.11. The average molecular weight is 353 g/mol. The van der Waals surface area contributed by atoms with E-state index in [2.05, 4.69) is 21.8 Å². The van der Waals surface area contributed by atoms with E-state index in [4.69, 9.17) is 4.42 Å². The molecule has 4 rings (SSSR count). The van der Waals surface area contributed by atoms with E-state index in [9.17, 15) is 4.79 Å². The van der Waals surface area contributed by atoms with Crippen LogP contribution in [0.5, 0.6) is 0 Å². The van der Waals surface area contributed by atoms with Crippen LogP contribution in [0.1, 0.15) is 5.76 Å². The number of hydrogen-bond donors (Lipinski definition) is 0. The highest BCUT2D eigenvalue weighted by Gasteiger charge is 2.28. The Bertz CT molecular complexity index is 833. The Kier molecular flexibility index (Phi) is 4.46. The predicted octanol–water partition coefficient (Wildman–Crippen LogP) is 3.16. The third-order valence-electron chi connectivity index (χ3n) is 4.34. The van der Waals surface area contributed by atoms with E-state index in [1.54, 1.807) is 6.08 Å². The SMILES string of the molecule is CN1CCN(C2=NC(=O)/C(=C/c3ccc(-c4ccccc4)o3)S2)CC1. The Morgan fingerprint density at radius 1 is 1.08 bits per heavy atom. The molecule has 1 amide bonds. The third kappa shape index (κ3) is 3.55. The first-order valence-corrected chi connectivity index (χ1v) is 9.12. The Balaban J connectivity index is 1.48. The summed E-state index contributed by atoms with van der Waals surface area (Å²) in [5, 5.41) is 0.805. The zero-order valence-corrected chi connectivity index (χ0v) is 14.8. The highest BCUT2D eigenvalue weighted by molar-refractivity contribution is 8.18. The number of benzene rings is 1. The van der Waals surface area contributed by atoms with Crippen molar-refractivity contribution in [3.63, 3.8) is 0 Å². The fraction of sp³-hybridized carbons (Fsp3) is 0.263. The number of furan rings is 1. The number of amidine groups is 1. The van der Waals surface area contributed by atoms with E-state index in [1.807, 2.05) is 42.5 Å². The first kappa shape index (κ1) is 16.2. The lowest BCUT2D eigenvalue weighted by Gasteiger charge is -2.32. The molecular formula is C19H19N3O2S. The first-order chi connectivity index (χ1) is 12.2. The number of thioether (sulfide) groups is 1. The molecular weight excluding hydrogens is 334 g/mol. The van der Waals surface area contributed by atoms with Crippen molar-refractivity contribution in [1.82, 2.24) is 9.80 Å². The van der Waals surface area contributed by atoms with Gasteiger partial charge >= 0.3 is 0 Å². The number of hydrogen-bond acceptors (Lipinski definition) is 5. The van der Waals surface area contributed by atoms with Gasteiger partial charge in [0.05, 0.1) is 4.91 Å². The van der Waals surface area contributed by atoms with Gasteiger partial charge in [-0.2, -0.15) is 4.99 Å². The second kappa shape index (κ2) is 6.90. The minimum Gasteiger partial charge on any atom is -0.457 e. The van der Waals surface area contributed by atoms with E-state index in [0.29, 0.717) is 10.7 Å². The van der Waals surface area contributed by atoms with Crippen LogP contribution in [0.15, 0.2) is 56.8 Å². The summed E-state index contributed by atoms with van der Waals surface area (Å²) in [6, 6.07) is 13.7. The van der Waals surface area contributed by atoms with E-state index in [0.717, 1.165) is 42.7 Å². The van der Waals surface area contributed by atoms with E-state index >= 15 is 0 Å². The van der Waals surface area contributed by atoms with Crippen molar-refractivity contribution < 1.29 is 9.21 Å². The number of aliphatic imine (C=N–C) groups is 1. The van der Waals surface area contributed by atoms with E-state index < -0.39 is 0 Å². The molecule has 2 aromatic rings. The van der Waals surface area contributed by atoms with Crippen molar-refractivity contribution in [3.8, 4) is 11.3 Å². The zero-order chi connectivity index (χ0) is 17.2. The molecule has 1 saturated heterocycles. The fourth-order valence-corrected chi connectivity index (χ4v) is 3.79. The summed E-state index contributed by atoms with van der Waals surface area (Å²) in [4.78, 5) is 21.5. The summed E-state index contributed by atoms with van der Waals surface area (Å²) in [6.45, 7) is 3.79. The number of amides is 1. The van der Waals surface area contributed by atoms with Gasteiger partial charge in [-0.25, -0.2) is 0 Å². The topological polar surface area (TPSA) is 49.0 Å². The molecule has 128 valence electrons. The number of rotatable bonds is 2. The molecule has 0 atom stereocenters. The second-order valence-corrected chi connectivity index (χ2v) is 7.18. The van der Waals surface area contributed by atoms with Crippen LogP contribution in [0, 0.1) is 0 Å². The van der Waals surface area contributed by atoms with Gasteiger partial charge in [0.2, 0.25) is 0 Å². The Morgan fingerprint density at radius 2 is 1.84 bits per heavy atom. The van der Waals surface area contributed by atoms with Gasteiger partial charge in [-0.3, -0.25) is 4.79 Å². The average Bonchev–Trinajstić information content (AvgIpc) is 3.24. The quantitative estimate of drug-likeness (QED) is 0.776. The monoisotopic (exact) mass is 353 g/mol.